The van der Waals surface area contributed by atoms with E-state index in [1.54, 1.807) is 0 Å². The van der Waals surface area contributed by atoms with Gasteiger partial charge in [0.25, 0.3) is 5.91 Å². The summed E-state index contributed by atoms with van der Waals surface area (Å²) >= 11 is 0. The first-order valence-electron chi connectivity index (χ1n) is 7.13. The number of aromatic nitrogens is 1. The summed E-state index contributed by atoms with van der Waals surface area (Å²) in [6.45, 7) is 0.557. The Bertz CT molecular complexity index is 939. The Labute approximate surface area is 191 Å². The van der Waals surface area contributed by atoms with Crippen LogP contribution in [-0.4, -0.2) is 39.6 Å². The van der Waals surface area contributed by atoms with Crippen LogP contribution < -0.4 is 66.2 Å². The summed E-state index contributed by atoms with van der Waals surface area (Å²) in [7, 11) is -3.02. The van der Waals surface area contributed by atoms with Gasteiger partial charge >= 0.3 is 51.4 Å². The van der Waals surface area contributed by atoms with Gasteiger partial charge in [0.05, 0.1) is 18.6 Å². The second kappa shape index (κ2) is 8.63. The number of pyridine rings is 1. The molecule has 8 nitrogen and oxygen atoms in total. The van der Waals surface area contributed by atoms with Gasteiger partial charge in [-0.05, 0) is 18.2 Å². The fourth-order valence-electron chi connectivity index (χ4n) is 2.22. The summed E-state index contributed by atoms with van der Waals surface area (Å²) in [5, 5.41) is 2.58. The minimum atomic E-state index is -4.28. The second-order valence-electron chi connectivity index (χ2n) is 5.01. The Balaban J connectivity index is 0.00000243. The van der Waals surface area contributed by atoms with Crippen molar-refractivity contribution in [2.45, 2.75) is 4.90 Å². The van der Waals surface area contributed by atoms with E-state index in [1.807, 2.05) is 0 Å². The Morgan fingerprint density at radius 3 is 2.85 bits per heavy atom. The molecule has 0 bridgehead atoms. The number of nitrogens with zero attached hydrogens (tertiary/aromatic N) is 2. The molecule has 0 aliphatic carbocycles. The summed E-state index contributed by atoms with van der Waals surface area (Å²) in [5.74, 6) is -1.15. The van der Waals surface area contributed by atoms with Gasteiger partial charge < -0.3 is 19.5 Å². The van der Waals surface area contributed by atoms with Crippen molar-refractivity contribution in [3.8, 4) is 11.6 Å². The average molecular weight is 405 g/mol. The fourth-order valence-corrected chi connectivity index (χ4v) is 3.36. The van der Waals surface area contributed by atoms with Gasteiger partial charge in [-0.2, -0.15) is 0 Å². The normalized spacial score (nSPS) is 13.4. The van der Waals surface area contributed by atoms with Crippen LogP contribution in [0.1, 0.15) is 10.4 Å². The molecule has 1 aliphatic rings. The first-order chi connectivity index (χ1) is 11.9. The number of methoxy groups -OCH3 is 1. The minimum Gasteiger partial charge on any atom is -0.571 e. The first-order valence-corrected chi connectivity index (χ1v) is 8.57. The number of carbonyl (C=O) groups is 1. The van der Waals surface area contributed by atoms with Crippen LogP contribution in [0.25, 0.3) is 4.72 Å². The van der Waals surface area contributed by atoms with E-state index >= 15 is 0 Å². The predicted octanol–water partition coefficient (Wildman–Crippen LogP) is -1.25. The summed E-state index contributed by atoms with van der Waals surface area (Å²) in [5.41, 5.74) is -0.0223. The van der Waals surface area contributed by atoms with Crippen molar-refractivity contribution in [3.63, 3.8) is 0 Å². The fraction of sp³-hybridized carbons (Fsp3) is 0.200. The van der Waals surface area contributed by atoms with Crippen LogP contribution in [0.4, 0.5) is 10.1 Å². The molecule has 26 heavy (non-hydrogen) atoms. The van der Waals surface area contributed by atoms with Crippen LogP contribution in [0.3, 0.4) is 0 Å². The van der Waals surface area contributed by atoms with Crippen LogP contribution >= 0.6 is 0 Å². The van der Waals surface area contributed by atoms with E-state index in [0.717, 1.165) is 18.3 Å². The van der Waals surface area contributed by atoms with Gasteiger partial charge in [0, 0.05) is 6.20 Å². The molecule has 1 N–H and O–H groups in total. The van der Waals surface area contributed by atoms with E-state index in [0.29, 0.717) is 6.54 Å². The van der Waals surface area contributed by atoms with Gasteiger partial charge in [-0.15, -0.1) is 5.69 Å². The third-order valence-corrected chi connectivity index (χ3v) is 4.66. The predicted molar refractivity (Wildman–Crippen MR) is 85.2 cm³/mol. The molecule has 0 fully saturated rings. The average Bonchev–Trinajstić information content (AvgIpc) is 2.76. The minimum absolute atomic E-state index is 0. The van der Waals surface area contributed by atoms with Crippen molar-refractivity contribution in [2.75, 3.05) is 20.3 Å². The standard InChI is InChI=1S/C15H13FN3O5S.K/c1-23-12-3-2-9(16)6-13(12)25(21,22)19-10-7-11-14(20)17-4-5-24-15(11)18-8-10;/h2-3,6-8H,4-5H2,1H3,(H,17,20);/q-1;+1. The van der Waals surface area contributed by atoms with Gasteiger partial charge in [-0.25, -0.2) is 17.8 Å². The molecular weight excluding hydrogens is 392 g/mol. The van der Waals surface area contributed by atoms with E-state index in [2.05, 4.69) is 15.0 Å². The van der Waals surface area contributed by atoms with Crippen LogP contribution in [0.15, 0.2) is 35.4 Å². The number of rotatable bonds is 4. The Hall–Kier alpha value is -1.24. The molecule has 2 heterocycles. The van der Waals surface area contributed by atoms with Crippen molar-refractivity contribution in [2.24, 2.45) is 0 Å². The number of benzene rings is 1. The zero-order valence-electron chi connectivity index (χ0n) is 14.0. The van der Waals surface area contributed by atoms with Gasteiger partial charge in [-0.1, -0.05) is 6.07 Å². The largest absolute Gasteiger partial charge is 1.00 e. The smallest absolute Gasteiger partial charge is 0.571 e. The van der Waals surface area contributed by atoms with E-state index in [1.165, 1.54) is 19.2 Å². The van der Waals surface area contributed by atoms with Gasteiger partial charge in [0.15, 0.2) is 0 Å². The molecule has 0 saturated carbocycles. The molecule has 11 heteroatoms. The van der Waals surface area contributed by atoms with Crippen LogP contribution in [0.5, 0.6) is 11.6 Å². The maximum Gasteiger partial charge on any atom is 1.00 e. The monoisotopic (exact) mass is 405 g/mol. The number of sulfonamides is 1. The third-order valence-electron chi connectivity index (χ3n) is 3.34. The zero-order chi connectivity index (χ0) is 18.0. The van der Waals surface area contributed by atoms with Crippen molar-refractivity contribution in [1.29, 1.82) is 0 Å². The number of hydrogen-bond acceptors (Lipinski definition) is 6. The quantitative estimate of drug-likeness (QED) is 0.637. The molecule has 0 unspecified atom stereocenters. The zero-order valence-corrected chi connectivity index (χ0v) is 18.0. The van der Waals surface area contributed by atoms with Gasteiger partial charge in [0.1, 0.15) is 33.8 Å². The Morgan fingerprint density at radius 2 is 2.12 bits per heavy atom. The molecule has 1 aliphatic heterocycles. The topological polar surface area (TPSA) is 109 Å². The van der Waals surface area contributed by atoms with E-state index < -0.39 is 26.6 Å². The number of halogens is 1. The van der Waals surface area contributed by atoms with Crippen molar-refractivity contribution < 1.29 is 78.5 Å². The molecule has 0 atom stereocenters. The summed E-state index contributed by atoms with van der Waals surface area (Å²) in [6.07, 6.45) is 1.15. The second-order valence-corrected chi connectivity index (χ2v) is 6.58. The molecule has 1 aromatic carbocycles. The number of carbonyl (C=O) groups excluding carboxylic acids is 1. The van der Waals surface area contributed by atoms with Crippen molar-refractivity contribution in [3.05, 3.63) is 46.6 Å². The maximum absolute atomic E-state index is 13.4. The number of nitrogens with one attached hydrogen (secondary N) is 1. The molecular formula is C15H13FKN3O5S. The number of ether oxygens (including phenoxy) is 2. The Kier molecular flexibility index (Phi) is 6.99. The first kappa shape index (κ1) is 21.1. The van der Waals surface area contributed by atoms with Gasteiger partial charge in [-0.3, -0.25) is 4.79 Å². The number of hydrogen-bond donors (Lipinski definition) is 1. The summed E-state index contributed by atoms with van der Waals surface area (Å²) in [6, 6.07) is 4.31. The maximum atomic E-state index is 13.4. The third kappa shape index (κ3) is 4.53. The molecule has 0 radical (unpaired) electrons. The molecule has 3 rings (SSSR count). The molecule has 2 aromatic rings. The SMILES string of the molecule is COc1ccc(F)cc1S(=O)(=O)[N-]c1cnc2c(c1)C(=O)NCCO2.[K+]. The van der Waals surface area contributed by atoms with Crippen LogP contribution in [-0.2, 0) is 10.0 Å². The summed E-state index contributed by atoms with van der Waals surface area (Å²) < 4.78 is 52.2. The van der Waals surface area contributed by atoms with Crippen molar-refractivity contribution in [1.82, 2.24) is 10.3 Å². The molecule has 132 valence electrons. The molecule has 1 aromatic heterocycles. The molecule has 1 amide bonds. The van der Waals surface area contributed by atoms with Gasteiger partial charge in [0.2, 0.25) is 5.88 Å². The van der Waals surface area contributed by atoms with E-state index in [9.17, 15) is 17.6 Å². The van der Waals surface area contributed by atoms with Crippen LogP contribution in [0, 0.1) is 5.82 Å². The summed E-state index contributed by atoms with van der Waals surface area (Å²) in [4.78, 5) is 15.4. The Morgan fingerprint density at radius 1 is 1.35 bits per heavy atom. The van der Waals surface area contributed by atoms with E-state index in [-0.39, 0.29) is 80.9 Å². The number of fused-ring (bicyclic) bond motifs is 1. The number of amides is 1. The molecule has 0 spiro atoms. The van der Waals surface area contributed by atoms with Crippen molar-refractivity contribution >= 4 is 21.6 Å². The van der Waals surface area contributed by atoms with Crippen LogP contribution in [0.2, 0.25) is 0 Å². The molecule has 0 saturated heterocycles. The van der Waals surface area contributed by atoms with E-state index in [4.69, 9.17) is 9.47 Å².